The summed E-state index contributed by atoms with van der Waals surface area (Å²) in [7, 11) is 1.92. The van der Waals surface area contributed by atoms with Crippen molar-refractivity contribution in [3.63, 3.8) is 0 Å². The molecule has 2 aromatic rings. The highest BCUT2D eigenvalue weighted by Gasteiger charge is 2.16. The summed E-state index contributed by atoms with van der Waals surface area (Å²) in [6, 6.07) is 8.61. The number of aryl methyl sites for hydroxylation is 1. The Balaban J connectivity index is 1.65. The zero-order chi connectivity index (χ0) is 13.9. The maximum atomic E-state index is 12.1. The molecule has 1 aromatic carbocycles. The normalized spacial score (nSPS) is 16.1. The van der Waals surface area contributed by atoms with Gasteiger partial charge in [-0.05, 0) is 18.9 Å². The minimum absolute atomic E-state index is 0.223. The van der Waals surface area contributed by atoms with Crippen LogP contribution in [0.2, 0.25) is 0 Å². The molecule has 0 amide bonds. The van der Waals surface area contributed by atoms with Gasteiger partial charge in [-0.3, -0.25) is 9.48 Å². The molecule has 1 N–H and O–H groups in total. The predicted octanol–water partition coefficient (Wildman–Crippen LogP) is 2.22. The largest absolute Gasteiger partial charge is 0.307 e. The van der Waals surface area contributed by atoms with E-state index in [0.717, 1.165) is 16.6 Å². The van der Waals surface area contributed by atoms with Gasteiger partial charge in [0.2, 0.25) is 0 Å². The van der Waals surface area contributed by atoms with Gasteiger partial charge >= 0.3 is 0 Å². The van der Waals surface area contributed by atoms with Crippen LogP contribution in [0.25, 0.3) is 10.9 Å². The lowest BCUT2D eigenvalue weighted by atomic mass is 10.1. The Kier molecular flexibility index (Phi) is 3.83. The van der Waals surface area contributed by atoms with E-state index in [0.29, 0.717) is 19.0 Å². The number of nitrogens with one attached hydrogen (secondary N) is 1. The Bertz CT molecular complexity index is 611. The summed E-state index contributed by atoms with van der Waals surface area (Å²) in [5, 5.41) is 8.94. The lowest BCUT2D eigenvalue weighted by Gasteiger charge is -2.10. The topological polar surface area (TPSA) is 46.9 Å². The summed E-state index contributed by atoms with van der Waals surface area (Å²) in [5.41, 5.74) is 1.97. The summed E-state index contributed by atoms with van der Waals surface area (Å²) in [5.74, 6) is 0.223. The van der Waals surface area contributed by atoms with Gasteiger partial charge in [0.15, 0.2) is 5.78 Å². The fourth-order valence-electron chi connectivity index (χ4n) is 3.06. The minimum atomic E-state index is 0.223. The number of para-hydroxylation sites is 1. The Morgan fingerprint density at radius 1 is 1.35 bits per heavy atom. The third kappa shape index (κ3) is 2.75. The van der Waals surface area contributed by atoms with E-state index in [4.69, 9.17) is 0 Å². The fraction of sp³-hybridized carbons (Fsp3) is 0.500. The minimum Gasteiger partial charge on any atom is -0.307 e. The number of carbonyl (C=O) groups is 1. The van der Waals surface area contributed by atoms with Crippen LogP contribution in [-0.2, 0) is 18.3 Å². The van der Waals surface area contributed by atoms with Crippen LogP contribution in [0.4, 0.5) is 0 Å². The summed E-state index contributed by atoms with van der Waals surface area (Å²) < 4.78 is 1.85. The van der Waals surface area contributed by atoms with Gasteiger partial charge in [0, 0.05) is 18.5 Å². The van der Waals surface area contributed by atoms with Crippen LogP contribution < -0.4 is 5.32 Å². The van der Waals surface area contributed by atoms with Gasteiger partial charge < -0.3 is 5.32 Å². The van der Waals surface area contributed by atoms with Crippen molar-refractivity contribution in [2.45, 2.75) is 38.1 Å². The average Bonchev–Trinajstić information content (AvgIpc) is 3.07. The Morgan fingerprint density at radius 2 is 2.10 bits per heavy atom. The molecule has 4 nitrogen and oxygen atoms in total. The van der Waals surface area contributed by atoms with Crippen LogP contribution >= 0.6 is 0 Å². The maximum Gasteiger partial charge on any atom is 0.152 e. The van der Waals surface area contributed by atoms with Gasteiger partial charge in [-0.2, -0.15) is 5.10 Å². The molecule has 0 bridgehead atoms. The van der Waals surface area contributed by atoms with Crippen LogP contribution in [-0.4, -0.2) is 28.2 Å². The predicted molar refractivity (Wildman–Crippen MR) is 79.7 cm³/mol. The molecule has 0 aliphatic heterocycles. The van der Waals surface area contributed by atoms with Crippen molar-refractivity contribution in [2.75, 3.05) is 6.54 Å². The molecule has 0 atom stereocenters. The van der Waals surface area contributed by atoms with E-state index in [1.54, 1.807) is 0 Å². The van der Waals surface area contributed by atoms with E-state index in [2.05, 4.69) is 10.4 Å². The van der Waals surface area contributed by atoms with Gasteiger partial charge in [-0.15, -0.1) is 0 Å². The van der Waals surface area contributed by atoms with Crippen LogP contribution in [0.3, 0.4) is 0 Å². The Labute approximate surface area is 119 Å². The molecule has 4 heteroatoms. The maximum absolute atomic E-state index is 12.1. The lowest BCUT2D eigenvalue weighted by Crippen LogP contribution is -2.32. The molecular formula is C16H21N3O. The standard InChI is InChI=1S/C16H21N3O/c1-19-16-9-5-4-8-14(16)15(18-19)10-13(20)11-17-12-6-2-3-7-12/h4-5,8-9,12,17H,2-3,6-7,10-11H2,1H3. The number of benzene rings is 1. The highest BCUT2D eigenvalue weighted by atomic mass is 16.1. The van der Waals surface area contributed by atoms with Crippen molar-refractivity contribution in [1.29, 1.82) is 0 Å². The molecule has 1 heterocycles. The van der Waals surface area contributed by atoms with E-state index in [1.165, 1.54) is 25.7 Å². The molecule has 3 rings (SSSR count). The SMILES string of the molecule is Cn1nc(CC(=O)CNC2CCCC2)c2ccccc21. The van der Waals surface area contributed by atoms with Gasteiger partial charge in [-0.25, -0.2) is 0 Å². The molecule has 1 saturated carbocycles. The number of ketones is 1. The Morgan fingerprint density at radius 3 is 2.90 bits per heavy atom. The molecule has 1 aromatic heterocycles. The quantitative estimate of drug-likeness (QED) is 0.907. The second-order valence-electron chi connectivity index (χ2n) is 5.67. The molecule has 106 valence electrons. The van der Waals surface area contributed by atoms with Gasteiger partial charge in [0.1, 0.15) is 0 Å². The highest BCUT2D eigenvalue weighted by Crippen LogP contribution is 2.19. The fourth-order valence-corrected chi connectivity index (χ4v) is 3.06. The summed E-state index contributed by atoms with van der Waals surface area (Å²) in [4.78, 5) is 12.1. The number of carbonyl (C=O) groups excluding carboxylic acids is 1. The number of rotatable bonds is 5. The van der Waals surface area contributed by atoms with Gasteiger partial charge in [0.25, 0.3) is 0 Å². The van der Waals surface area contributed by atoms with Gasteiger partial charge in [-0.1, -0.05) is 31.0 Å². The molecular weight excluding hydrogens is 250 g/mol. The van der Waals surface area contributed by atoms with Crippen molar-refractivity contribution in [3.05, 3.63) is 30.0 Å². The number of hydrogen-bond donors (Lipinski definition) is 1. The Hall–Kier alpha value is -1.68. The van der Waals surface area contributed by atoms with Crippen LogP contribution in [0.1, 0.15) is 31.4 Å². The summed E-state index contributed by atoms with van der Waals surface area (Å²) in [6.07, 6.45) is 5.41. The van der Waals surface area contributed by atoms with Crippen molar-refractivity contribution in [1.82, 2.24) is 15.1 Å². The summed E-state index contributed by atoms with van der Waals surface area (Å²) >= 11 is 0. The van der Waals surface area contributed by atoms with E-state index in [-0.39, 0.29) is 5.78 Å². The first-order valence-corrected chi connectivity index (χ1v) is 7.40. The zero-order valence-corrected chi connectivity index (χ0v) is 11.9. The third-order valence-corrected chi connectivity index (χ3v) is 4.14. The van der Waals surface area contributed by atoms with Crippen LogP contribution in [0.5, 0.6) is 0 Å². The molecule has 20 heavy (non-hydrogen) atoms. The second kappa shape index (κ2) is 5.75. The second-order valence-corrected chi connectivity index (χ2v) is 5.67. The first-order chi connectivity index (χ1) is 9.74. The molecule has 0 unspecified atom stereocenters. The first-order valence-electron chi connectivity index (χ1n) is 7.40. The van der Waals surface area contributed by atoms with Crippen LogP contribution in [0, 0.1) is 0 Å². The van der Waals surface area contributed by atoms with E-state index < -0.39 is 0 Å². The van der Waals surface area contributed by atoms with Crippen molar-refractivity contribution >= 4 is 16.7 Å². The molecule has 0 saturated heterocycles. The molecule has 1 aliphatic carbocycles. The number of aromatic nitrogens is 2. The van der Waals surface area contributed by atoms with Crippen molar-refractivity contribution < 1.29 is 4.79 Å². The number of fused-ring (bicyclic) bond motifs is 1. The van der Waals surface area contributed by atoms with Crippen molar-refractivity contribution in [3.8, 4) is 0 Å². The van der Waals surface area contributed by atoms with Crippen LogP contribution in [0.15, 0.2) is 24.3 Å². The van der Waals surface area contributed by atoms with E-state index >= 15 is 0 Å². The number of nitrogens with zero attached hydrogens (tertiary/aromatic N) is 2. The smallest absolute Gasteiger partial charge is 0.152 e. The molecule has 1 aliphatic rings. The van der Waals surface area contributed by atoms with E-state index in [9.17, 15) is 4.79 Å². The zero-order valence-electron chi connectivity index (χ0n) is 11.9. The average molecular weight is 271 g/mol. The first kappa shape index (κ1) is 13.3. The molecule has 0 radical (unpaired) electrons. The molecule has 0 spiro atoms. The summed E-state index contributed by atoms with van der Waals surface area (Å²) in [6.45, 7) is 0.468. The van der Waals surface area contributed by atoms with E-state index in [1.807, 2.05) is 36.0 Å². The highest BCUT2D eigenvalue weighted by molar-refractivity contribution is 5.89. The molecule has 1 fully saturated rings. The van der Waals surface area contributed by atoms with Gasteiger partial charge in [0.05, 0.1) is 24.2 Å². The monoisotopic (exact) mass is 271 g/mol. The number of hydrogen-bond acceptors (Lipinski definition) is 3. The third-order valence-electron chi connectivity index (χ3n) is 4.14. The lowest BCUT2D eigenvalue weighted by molar-refractivity contribution is -0.117. The number of Topliss-reactive ketones (excluding diaryl/α,β-unsaturated/α-hetero) is 1. The van der Waals surface area contributed by atoms with Crippen molar-refractivity contribution in [2.24, 2.45) is 7.05 Å².